The van der Waals surface area contributed by atoms with E-state index in [-0.39, 0.29) is 0 Å². The van der Waals surface area contributed by atoms with Gasteiger partial charge in [0.2, 0.25) is 0 Å². The third kappa shape index (κ3) is 8.49. The van der Waals surface area contributed by atoms with E-state index in [2.05, 4.69) is 8.37 Å². The first-order valence-corrected chi connectivity index (χ1v) is 8.30. The van der Waals surface area contributed by atoms with Gasteiger partial charge >= 0.3 is 46.2 Å². The van der Waals surface area contributed by atoms with Gasteiger partial charge in [-0.15, -0.1) is 8.42 Å². The number of hydrogen-bond acceptors (Lipinski definition) is 12. The second-order valence-electron chi connectivity index (χ2n) is 5.49. The summed E-state index contributed by atoms with van der Waals surface area (Å²) in [5, 5.41) is 53.6. The molecule has 6 N–H and O–H groups in total. The quantitative estimate of drug-likeness (QED) is 0.171. The normalized spacial score (nSPS) is 15.2. The Hall–Kier alpha value is -3.31. The highest BCUT2D eigenvalue weighted by Gasteiger charge is 2.44. The second kappa shape index (κ2) is 9.26. The van der Waals surface area contributed by atoms with Crippen LogP contribution in [0.15, 0.2) is 0 Å². The Bertz CT molecular complexity index is 765. The van der Waals surface area contributed by atoms with Crippen molar-refractivity contribution < 1.29 is 76.2 Å². The molecule has 0 aromatic heterocycles. The molecule has 0 bridgehead atoms. The summed E-state index contributed by atoms with van der Waals surface area (Å²) >= 11 is 0. The molecule has 2 unspecified atom stereocenters. The van der Waals surface area contributed by atoms with Gasteiger partial charge in [-0.05, 0) is 0 Å². The molecule has 0 aliphatic carbocycles. The average molecular weight is 446 g/mol. The lowest BCUT2D eigenvalue weighted by Gasteiger charge is -2.20. The van der Waals surface area contributed by atoms with Crippen molar-refractivity contribution in [1.82, 2.24) is 0 Å². The van der Waals surface area contributed by atoms with Gasteiger partial charge in [0.25, 0.3) is 0 Å². The van der Waals surface area contributed by atoms with Crippen LogP contribution < -0.4 is 0 Å². The average Bonchev–Trinajstić information content (AvgIpc) is 2.42. The van der Waals surface area contributed by atoms with Crippen LogP contribution in [0.3, 0.4) is 0 Å². The van der Waals surface area contributed by atoms with Gasteiger partial charge in [-0.2, -0.15) is 0 Å². The van der Waals surface area contributed by atoms with E-state index in [1.54, 1.807) is 0 Å². The van der Waals surface area contributed by atoms with Crippen LogP contribution in [-0.2, 0) is 47.5 Å². The summed E-state index contributed by atoms with van der Waals surface area (Å²) < 4.78 is 30.1. The minimum absolute atomic E-state index is 1.53. The molecule has 0 heterocycles. The van der Waals surface area contributed by atoms with Crippen molar-refractivity contribution in [3.8, 4) is 0 Å². The summed E-state index contributed by atoms with van der Waals surface area (Å²) in [6.07, 6.45) is -6.47. The fourth-order valence-electron chi connectivity index (χ4n) is 1.71. The molecule has 0 aliphatic rings. The van der Waals surface area contributed by atoms with Crippen molar-refractivity contribution in [3.63, 3.8) is 0 Å². The van der Waals surface area contributed by atoms with Gasteiger partial charge in [0.05, 0.1) is 25.7 Å². The molecule has 0 fully saturated rings. The standard InChI is InChI=1S/C12H14O16S/c13-5(14)1-11(23,9(19)20)3-7(17)27-29(25,26)28-8(18)4-12(24,10(21)22)2-6(15)16/h23-24H,1-4H2,(H,13,14)(H,15,16)(H,19,20)(H,21,22). The van der Waals surface area contributed by atoms with Gasteiger partial charge in [-0.3, -0.25) is 19.2 Å². The topological polar surface area (TPSA) is 276 Å². The number of carbonyl (C=O) groups excluding carboxylic acids is 2. The van der Waals surface area contributed by atoms with E-state index in [4.69, 9.17) is 20.4 Å². The van der Waals surface area contributed by atoms with Crippen molar-refractivity contribution in [3.05, 3.63) is 0 Å². The van der Waals surface area contributed by atoms with E-state index in [1.807, 2.05) is 0 Å². The highest BCUT2D eigenvalue weighted by Crippen LogP contribution is 2.20. The molecular formula is C12H14O16S. The van der Waals surface area contributed by atoms with Crippen LogP contribution in [0.25, 0.3) is 0 Å². The predicted molar refractivity (Wildman–Crippen MR) is 80.0 cm³/mol. The van der Waals surface area contributed by atoms with E-state index in [9.17, 15) is 47.4 Å². The molecule has 0 aromatic carbocycles. The minimum Gasteiger partial charge on any atom is -0.481 e. The first-order valence-electron chi connectivity index (χ1n) is 6.97. The summed E-state index contributed by atoms with van der Waals surface area (Å²) in [6.45, 7) is 0. The van der Waals surface area contributed by atoms with Crippen molar-refractivity contribution in [2.75, 3.05) is 0 Å². The van der Waals surface area contributed by atoms with Gasteiger partial charge in [0, 0.05) is 0 Å². The molecule has 17 heteroatoms. The maximum Gasteiger partial charge on any atom is 0.506 e. The lowest BCUT2D eigenvalue weighted by Crippen LogP contribution is -2.44. The number of aliphatic hydroxyl groups is 2. The van der Waals surface area contributed by atoms with Gasteiger partial charge in [0.1, 0.15) is 0 Å². The number of carboxylic acids is 4. The highest BCUT2D eigenvalue weighted by molar-refractivity contribution is 7.82. The molecule has 0 spiro atoms. The van der Waals surface area contributed by atoms with Crippen molar-refractivity contribution >= 4 is 46.2 Å². The van der Waals surface area contributed by atoms with Gasteiger partial charge in [-0.25, -0.2) is 9.59 Å². The first-order chi connectivity index (χ1) is 12.9. The molecule has 0 radical (unpaired) electrons. The Kier molecular flexibility index (Phi) is 8.20. The fraction of sp³-hybridized carbons (Fsp3) is 0.500. The Balaban J connectivity index is 5.19. The molecule has 0 aromatic rings. The van der Waals surface area contributed by atoms with Crippen LogP contribution in [0, 0.1) is 0 Å². The number of carboxylic acid groups (broad SMARTS) is 4. The van der Waals surface area contributed by atoms with Crippen molar-refractivity contribution in [2.24, 2.45) is 0 Å². The second-order valence-corrected chi connectivity index (χ2v) is 6.64. The highest BCUT2D eigenvalue weighted by atomic mass is 32.3. The Labute approximate surface area is 160 Å². The third-order valence-corrected chi connectivity index (χ3v) is 3.73. The number of aliphatic carboxylic acids is 4. The van der Waals surface area contributed by atoms with Crippen molar-refractivity contribution in [2.45, 2.75) is 36.9 Å². The zero-order valence-corrected chi connectivity index (χ0v) is 14.8. The molecule has 0 aliphatic heterocycles. The van der Waals surface area contributed by atoms with E-state index >= 15 is 0 Å². The molecule has 0 amide bonds. The Morgan fingerprint density at radius 3 is 1.10 bits per heavy atom. The smallest absolute Gasteiger partial charge is 0.481 e. The summed E-state index contributed by atoms with van der Waals surface area (Å²) in [4.78, 5) is 65.7. The van der Waals surface area contributed by atoms with Crippen LogP contribution in [0.4, 0.5) is 0 Å². The third-order valence-electron chi connectivity index (χ3n) is 2.95. The Morgan fingerprint density at radius 2 is 0.897 bits per heavy atom. The van der Waals surface area contributed by atoms with E-state index < -0.39 is 83.1 Å². The van der Waals surface area contributed by atoms with Crippen molar-refractivity contribution in [1.29, 1.82) is 0 Å². The SMILES string of the molecule is O=C(O)CC(O)(CC(=O)OS(=O)(=O)OC(=O)CC(O)(CC(=O)O)C(=O)O)C(=O)O. The van der Waals surface area contributed by atoms with E-state index in [0.717, 1.165) is 0 Å². The first kappa shape index (κ1) is 25.7. The summed E-state index contributed by atoms with van der Waals surface area (Å²) in [6, 6.07) is 0. The van der Waals surface area contributed by atoms with Gasteiger partial charge in [-0.1, -0.05) is 0 Å². The molecule has 16 nitrogen and oxygen atoms in total. The lowest BCUT2D eigenvalue weighted by atomic mass is 9.96. The Morgan fingerprint density at radius 1 is 0.621 bits per heavy atom. The lowest BCUT2D eigenvalue weighted by molar-refractivity contribution is -0.170. The molecule has 2 atom stereocenters. The molecule has 0 saturated heterocycles. The van der Waals surface area contributed by atoms with Crippen LogP contribution in [0.2, 0.25) is 0 Å². The van der Waals surface area contributed by atoms with E-state index in [1.165, 1.54) is 0 Å². The molecule has 0 rings (SSSR count). The molecular weight excluding hydrogens is 432 g/mol. The van der Waals surface area contributed by atoms with Gasteiger partial charge in [0.15, 0.2) is 11.2 Å². The van der Waals surface area contributed by atoms with Gasteiger partial charge < -0.3 is 39.0 Å². The fourth-order valence-corrected chi connectivity index (χ4v) is 2.32. The summed E-state index contributed by atoms with van der Waals surface area (Å²) in [5.74, 6) is -12.3. The number of hydrogen-bond donors (Lipinski definition) is 6. The molecule has 29 heavy (non-hydrogen) atoms. The number of carbonyl (C=O) groups is 6. The minimum atomic E-state index is -5.64. The summed E-state index contributed by atoms with van der Waals surface area (Å²) in [5.41, 5.74) is -6.54. The molecule has 164 valence electrons. The van der Waals surface area contributed by atoms with Crippen LogP contribution in [0.5, 0.6) is 0 Å². The largest absolute Gasteiger partial charge is 0.506 e. The monoisotopic (exact) mass is 446 g/mol. The maximum absolute atomic E-state index is 11.5. The molecule has 0 saturated carbocycles. The summed E-state index contributed by atoms with van der Waals surface area (Å²) in [7, 11) is -5.64. The zero-order chi connectivity index (χ0) is 23.2. The van der Waals surface area contributed by atoms with Crippen LogP contribution in [-0.4, -0.2) is 86.1 Å². The van der Waals surface area contributed by atoms with Crippen LogP contribution in [0.1, 0.15) is 25.7 Å². The maximum atomic E-state index is 11.5. The van der Waals surface area contributed by atoms with Crippen LogP contribution >= 0.6 is 0 Å². The zero-order valence-electron chi connectivity index (χ0n) is 14.0. The predicted octanol–water partition coefficient (Wildman–Crippen LogP) is -3.32. The van der Waals surface area contributed by atoms with E-state index in [0.29, 0.717) is 0 Å². The number of rotatable bonds is 12.